The summed E-state index contributed by atoms with van der Waals surface area (Å²) in [7, 11) is 1.76. The van der Waals surface area contributed by atoms with Gasteiger partial charge in [0, 0.05) is 29.9 Å². The number of rotatable bonds is 3. The first kappa shape index (κ1) is 15.2. The van der Waals surface area contributed by atoms with E-state index in [1.165, 1.54) is 0 Å². The van der Waals surface area contributed by atoms with Crippen molar-refractivity contribution in [2.75, 3.05) is 25.2 Å². The molecule has 0 spiro atoms. The van der Waals surface area contributed by atoms with Crippen LogP contribution in [-0.2, 0) is 4.79 Å². The predicted octanol–water partition coefficient (Wildman–Crippen LogP) is 2.33. The molecule has 1 aromatic rings. The van der Waals surface area contributed by atoms with E-state index in [4.69, 9.17) is 11.6 Å². The summed E-state index contributed by atoms with van der Waals surface area (Å²) >= 11 is 7.51. The van der Waals surface area contributed by atoms with Crippen LogP contribution in [0, 0.1) is 0 Å². The van der Waals surface area contributed by atoms with E-state index in [9.17, 15) is 9.59 Å². The molecular weight excluding hydrogens is 296 g/mol. The number of nitrogens with zero attached hydrogens (tertiary/aromatic N) is 2. The van der Waals surface area contributed by atoms with Crippen molar-refractivity contribution in [2.45, 2.75) is 13.0 Å². The number of halogens is 1. The van der Waals surface area contributed by atoms with Crippen LogP contribution in [0.25, 0.3) is 0 Å². The van der Waals surface area contributed by atoms with Gasteiger partial charge in [0.25, 0.3) is 5.91 Å². The number of thioether (sulfide) groups is 1. The van der Waals surface area contributed by atoms with Crippen LogP contribution in [-0.4, -0.2) is 52.9 Å². The van der Waals surface area contributed by atoms with Crippen molar-refractivity contribution in [1.82, 2.24) is 9.80 Å². The summed E-state index contributed by atoms with van der Waals surface area (Å²) in [6.45, 7) is 2.56. The standard InChI is InChI=1S/C14H17ClN2O2S/c1-3-16(2)14(19)12-8-20-9-17(12)13(18)10-5-4-6-11(15)7-10/h4-7,12H,3,8-9H2,1-2H3. The molecule has 1 aliphatic rings. The van der Waals surface area contributed by atoms with Gasteiger partial charge in [-0.1, -0.05) is 17.7 Å². The fourth-order valence-corrected chi connectivity index (χ4v) is 3.38. The number of hydrogen-bond donors (Lipinski definition) is 0. The molecule has 0 aromatic heterocycles. The van der Waals surface area contributed by atoms with Gasteiger partial charge in [0.2, 0.25) is 5.91 Å². The predicted molar refractivity (Wildman–Crippen MR) is 82.0 cm³/mol. The van der Waals surface area contributed by atoms with Crippen LogP contribution >= 0.6 is 23.4 Å². The minimum Gasteiger partial charge on any atom is -0.344 e. The Morgan fingerprint density at radius 3 is 2.90 bits per heavy atom. The molecular formula is C14H17ClN2O2S. The van der Waals surface area contributed by atoms with E-state index in [1.54, 1.807) is 52.9 Å². The van der Waals surface area contributed by atoms with Crippen molar-refractivity contribution < 1.29 is 9.59 Å². The molecule has 20 heavy (non-hydrogen) atoms. The van der Waals surface area contributed by atoms with E-state index in [0.29, 0.717) is 28.8 Å². The largest absolute Gasteiger partial charge is 0.344 e. The normalized spacial score (nSPS) is 18.1. The Bertz CT molecular complexity index is 524. The van der Waals surface area contributed by atoms with Crippen LogP contribution in [0.15, 0.2) is 24.3 Å². The molecule has 4 nitrogen and oxygen atoms in total. The van der Waals surface area contributed by atoms with Crippen molar-refractivity contribution in [3.8, 4) is 0 Å². The molecule has 1 heterocycles. The topological polar surface area (TPSA) is 40.6 Å². The van der Waals surface area contributed by atoms with E-state index < -0.39 is 0 Å². The van der Waals surface area contributed by atoms with Gasteiger partial charge in [-0.05, 0) is 25.1 Å². The fourth-order valence-electron chi connectivity index (χ4n) is 2.04. The quantitative estimate of drug-likeness (QED) is 0.860. The van der Waals surface area contributed by atoms with Crippen molar-refractivity contribution in [2.24, 2.45) is 0 Å². The van der Waals surface area contributed by atoms with Crippen molar-refractivity contribution in [3.05, 3.63) is 34.9 Å². The van der Waals surface area contributed by atoms with Gasteiger partial charge in [-0.3, -0.25) is 9.59 Å². The van der Waals surface area contributed by atoms with Crippen LogP contribution < -0.4 is 0 Å². The molecule has 1 unspecified atom stereocenters. The van der Waals surface area contributed by atoms with Crippen molar-refractivity contribution in [1.29, 1.82) is 0 Å². The molecule has 6 heteroatoms. The van der Waals surface area contributed by atoms with Crippen LogP contribution in [0.4, 0.5) is 0 Å². The summed E-state index contributed by atoms with van der Waals surface area (Å²) in [6.07, 6.45) is 0. The van der Waals surface area contributed by atoms with Gasteiger partial charge in [0.05, 0.1) is 5.88 Å². The first-order valence-electron chi connectivity index (χ1n) is 6.44. The minimum absolute atomic E-state index is 0.00659. The number of benzene rings is 1. The SMILES string of the molecule is CCN(C)C(=O)C1CSCN1C(=O)c1cccc(Cl)c1. The first-order chi connectivity index (χ1) is 9.54. The zero-order valence-corrected chi connectivity index (χ0v) is 13.1. The monoisotopic (exact) mass is 312 g/mol. The third-order valence-corrected chi connectivity index (χ3v) is 4.60. The average Bonchev–Trinajstić information content (AvgIpc) is 2.94. The Kier molecular flexibility index (Phi) is 4.94. The van der Waals surface area contributed by atoms with Gasteiger partial charge >= 0.3 is 0 Å². The molecule has 0 aliphatic carbocycles. The summed E-state index contributed by atoms with van der Waals surface area (Å²) in [5, 5.41) is 0.524. The second-order valence-corrected chi connectivity index (χ2v) is 6.09. The summed E-state index contributed by atoms with van der Waals surface area (Å²) in [4.78, 5) is 28.1. The summed E-state index contributed by atoms with van der Waals surface area (Å²) in [5.74, 6) is 1.04. The Labute approximate surface area is 128 Å². The molecule has 0 N–H and O–H groups in total. The maximum atomic E-state index is 12.5. The Morgan fingerprint density at radius 1 is 1.50 bits per heavy atom. The highest BCUT2D eigenvalue weighted by atomic mass is 35.5. The van der Waals surface area contributed by atoms with Crippen LogP contribution in [0.5, 0.6) is 0 Å². The number of carbonyl (C=O) groups excluding carboxylic acids is 2. The summed E-state index contributed by atoms with van der Waals surface area (Å²) in [6, 6.07) is 6.45. The summed E-state index contributed by atoms with van der Waals surface area (Å²) < 4.78 is 0. The van der Waals surface area contributed by atoms with Gasteiger partial charge in [0.15, 0.2) is 0 Å². The molecule has 1 saturated heterocycles. The molecule has 0 radical (unpaired) electrons. The Balaban J connectivity index is 2.18. The van der Waals surface area contributed by atoms with E-state index in [2.05, 4.69) is 0 Å². The van der Waals surface area contributed by atoms with E-state index in [-0.39, 0.29) is 17.9 Å². The molecule has 0 bridgehead atoms. The first-order valence-corrected chi connectivity index (χ1v) is 7.97. The zero-order chi connectivity index (χ0) is 14.7. The Morgan fingerprint density at radius 2 is 2.25 bits per heavy atom. The lowest BCUT2D eigenvalue weighted by Gasteiger charge is -2.26. The molecule has 0 saturated carbocycles. The van der Waals surface area contributed by atoms with Crippen LogP contribution in [0.1, 0.15) is 17.3 Å². The van der Waals surface area contributed by atoms with Gasteiger partial charge < -0.3 is 9.80 Å². The zero-order valence-electron chi connectivity index (χ0n) is 11.5. The van der Waals surface area contributed by atoms with Crippen LogP contribution in [0.3, 0.4) is 0 Å². The maximum absolute atomic E-state index is 12.5. The molecule has 2 rings (SSSR count). The Hall–Kier alpha value is -1.20. The highest BCUT2D eigenvalue weighted by molar-refractivity contribution is 7.99. The molecule has 1 atom stereocenters. The van der Waals surface area contributed by atoms with Crippen LogP contribution in [0.2, 0.25) is 5.02 Å². The van der Waals surface area contributed by atoms with E-state index in [0.717, 1.165) is 0 Å². The van der Waals surface area contributed by atoms with E-state index in [1.807, 2.05) is 6.92 Å². The second-order valence-electron chi connectivity index (χ2n) is 4.65. The van der Waals surface area contributed by atoms with Gasteiger partial charge in [-0.2, -0.15) is 0 Å². The molecule has 2 amide bonds. The molecule has 108 valence electrons. The van der Waals surface area contributed by atoms with E-state index >= 15 is 0 Å². The minimum atomic E-state index is -0.378. The number of carbonyl (C=O) groups is 2. The third kappa shape index (κ3) is 3.10. The fraction of sp³-hybridized carbons (Fsp3) is 0.429. The number of hydrogen-bond acceptors (Lipinski definition) is 3. The third-order valence-electron chi connectivity index (χ3n) is 3.35. The van der Waals surface area contributed by atoms with Gasteiger partial charge in [-0.25, -0.2) is 0 Å². The smallest absolute Gasteiger partial charge is 0.255 e. The summed E-state index contributed by atoms with van der Waals surface area (Å²) in [5.41, 5.74) is 0.525. The maximum Gasteiger partial charge on any atom is 0.255 e. The highest BCUT2D eigenvalue weighted by Crippen LogP contribution is 2.25. The second kappa shape index (κ2) is 6.50. The molecule has 1 fully saturated rings. The van der Waals surface area contributed by atoms with Crippen molar-refractivity contribution >= 4 is 35.2 Å². The van der Waals surface area contributed by atoms with Gasteiger partial charge in [-0.15, -0.1) is 11.8 Å². The number of likely N-dealkylation sites (N-methyl/N-ethyl adjacent to an activating group) is 1. The molecule has 1 aliphatic heterocycles. The number of amides is 2. The highest BCUT2D eigenvalue weighted by Gasteiger charge is 2.36. The lowest BCUT2D eigenvalue weighted by atomic mass is 10.1. The van der Waals surface area contributed by atoms with Crippen molar-refractivity contribution in [3.63, 3.8) is 0 Å². The lowest BCUT2D eigenvalue weighted by Crippen LogP contribution is -2.47. The lowest BCUT2D eigenvalue weighted by molar-refractivity contribution is -0.133. The van der Waals surface area contributed by atoms with Gasteiger partial charge in [0.1, 0.15) is 6.04 Å². The molecule has 1 aromatic carbocycles. The average molecular weight is 313 g/mol.